The Morgan fingerprint density at radius 1 is 1.26 bits per heavy atom. The van der Waals surface area contributed by atoms with Crippen molar-refractivity contribution in [3.63, 3.8) is 0 Å². The van der Waals surface area contributed by atoms with Gasteiger partial charge in [0.25, 0.3) is 0 Å². The highest BCUT2D eigenvalue weighted by atomic mass is 32.2. The highest BCUT2D eigenvalue weighted by Gasteiger charge is 2.33. The summed E-state index contributed by atoms with van der Waals surface area (Å²) in [5.74, 6) is 0.571. The molecule has 27 heavy (non-hydrogen) atoms. The summed E-state index contributed by atoms with van der Waals surface area (Å²) in [5, 5.41) is 16.8. The van der Waals surface area contributed by atoms with Gasteiger partial charge in [-0.05, 0) is 47.7 Å². The topological polar surface area (TPSA) is 58.1 Å². The maximum absolute atomic E-state index is 13.1. The lowest BCUT2D eigenvalue weighted by atomic mass is 9.98. The average molecular weight is 435 g/mol. The van der Waals surface area contributed by atoms with E-state index in [2.05, 4.69) is 44.5 Å². The van der Waals surface area contributed by atoms with Crippen LogP contribution in [0, 0.1) is 0 Å². The number of carbonyl (C=O) groups excluding carboxylic acids is 1. The van der Waals surface area contributed by atoms with Crippen LogP contribution in [0.3, 0.4) is 0 Å². The van der Waals surface area contributed by atoms with Gasteiger partial charge in [0.15, 0.2) is 4.34 Å². The first-order chi connectivity index (χ1) is 13.3. The minimum Gasteiger partial charge on any atom is -0.357 e. The SMILES string of the molecule is O=C(CSc1nnc(NC2CC2)s1)N1CCc2sccc2C1c1cccs1. The van der Waals surface area contributed by atoms with E-state index in [1.54, 1.807) is 34.0 Å². The van der Waals surface area contributed by atoms with E-state index in [9.17, 15) is 4.79 Å². The molecule has 1 unspecified atom stereocenters. The summed E-state index contributed by atoms with van der Waals surface area (Å²) in [7, 11) is 0. The largest absolute Gasteiger partial charge is 0.357 e. The van der Waals surface area contributed by atoms with Crippen LogP contribution >= 0.6 is 45.8 Å². The Bertz CT molecular complexity index is 931. The predicted molar refractivity (Wildman–Crippen MR) is 113 cm³/mol. The Hall–Kier alpha value is -1.42. The molecule has 3 aromatic heterocycles. The van der Waals surface area contributed by atoms with E-state index in [0.717, 1.165) is 22.4 Å². The summed E-state index contributed by atoms with van der Waals surface area (Å²) in [6.07, 6.45) is 3.37. The van der Waals surface area contributed by atoms with Gasteiger partial charge in [0.2, 0.25) is 11.0 Å². The Balaban J connectivity index is 1.29. The van der Waals surface area contributed by atoms with Crippen LogP contribution in [0.15, 0.2) is 33.3 Å². The first-order valence-corrected chi connectivity index (χ1v) is 12.5. The Morgan fingerprint density at radius 2 is 2.19 bits per heavy atom. The molecule has 1 saturated carbocycles. The van der Waals surface area contributed by atoms with Gasteiger partial charge in [-0.1, -0.05) is 29.2 Å². The van der Waals surface area contributed by atoms with Crippen molar-refractivity contribution in [1.82, 2.24) is 15.1 Å². The lowest BCUT2D eigenvalue weighted by Gasteiger charge is -2.35. The Morgan fingerprint density at radius 3 is 3.00 bits per heavy atom. The van der Waals surface area contributed by atoms with Crippen LogP contribution in [0.5, 0.6) is 0 Å². The fraction of sp³-hybridized carbons (Fsp3) is 0.389. The van der Waals surface area contributed by atoms with Crippen LogP contribution in [0.2, 0.25) is 0 Å². The zero-order valence-electron chi connectivity index (χ0n) is 14.5. The normalized spacial score (nSPS) is 19.1. The number of hydrogen-bond acceptors (Lipinski definition) is 8. The number of fused-ring (bicyclic) bond motifs is 1. The van der Waals surface area contributed by atoms with Crippen molar-refractivity contribution >= 4 is 56.8 Å². The van der Waals surface area contributed by atoms with Gasteiger partial charge in [-0.2, -0.15) is 0 Å². The summed E-state index contributed by atoms with van der Waals surface area (Å²) in [6, 6.07) is 6.99. The standard InChI is InChI=1S/C18H18N4OS4/c23-15(10-26-18-21-20-17(27-18)19-11-3-4-11)22-7-5-13-12(6-9-25-13)16(22)14-2-1-8-24-14/h1-2,6,8-9,11,16H,3-5,7,10H2,(H,19,20). The van der Waals surface area contributed by atoms with Crippen molar-refractivity contribution < 1.29 is 4.79 Å². The minimum absolute atomic E-state index is 0.0506. The van der Waals surface area contributed by atoms with Gasteiger partial charge in [0.1, 0.15) is 0 Å². The predicted octanol–water partition coefficient (Wildman–Crippen LogP) is 4.50. The zero-order chi connectivity index (χ0) is 18.2. The third-order valence-electron chi connectivity index (χ3n) is 4.73. The van der Waals surface area contributed by atoms with Gasteiger partial charge in [-0.15, -0.1) is 32.9 Å². The molecule has 1 fully saturated rings. The molecule has 0 bridgehead atoms. The molecule has 0 radical (unpaired) electrons. The van der Waals surface area contributed by atoms with Crippen molar-refractivity contribution in [1.29, 1.82) is 0 Å². The molecule has 3 aromatic rings. The van der Waals surface area contributed by atoms with Crippen LogP contribution in [0.1, 0.15) is 34.2 Å². The third kappa shape index (κ3) is 3.78. The molecule has 1 amide bonds. The van der Waals surface area contributed by atoms with Gasteiger partial charge >= 0.3 is 0 Å². The fourth-order valence-electron chi connectivity index (χ4n) is 3.27. The number of hydrogen-bond donors (Lipinski definition) is 1. The summed E-state index contributed by atoms with van der Waals surface area (Å²) in [4.78, 5) is 17.7. The summed E-state index contributed by atoms with van der Waals surface area (Å²) in [5.41, 5.74) is 1.29. The quantitative estimate of drug-likeness (QED) is 0.579. The fourth-order valence-corrected chi connectivity index (χ4v) is 6.75. The third-order valence-corrected chi connectivity index (χ3v) is 8.62. The highest BCUT2D eigenvalue weighted by Crippen LogP contribution is 2.40. The molecule has 1 atom stereocenters. The highest BCUT2D eigenvalue weighted by molar-refractivity contribution is 8.01. The monoisotopic (exact) mass is 434 g/mol. The smallest absolute Gasteiger partial charge is 0.233 e. The molecule has 9 heteroatoms. The molecule has 0 aromatic carbocycles. The zero-order valence-corrected chi connectivity index (χ0v) is 17.7. The van der Waals surface area contributed by atoms with Crippen molar-refractivity contribution in [2.45, 2.75) is 35.7 Å². The van der Waals surface area contributed by atoms with Crippen LogP contribution in [-0.2, 0) is 11.2 Å². The maximum atomic E-state index is 13.1. The Kier molecular flexibility index (Phi) is 4.93. The van der Waals surface area contributed by atoms with Crippen LogP contribution in [-0.4, -0.2) is 39.3 Å². The molecule has 1 aliphatic carbocycles. The number of rotatable bonds is 6. The maximum Gasteiger partial charge on any atom is 0.233 e. The number of anilines is 1. The van der Waals surface area contributed by atoms with Gasteiger partial charge in [0, 0.05) is 22.3 Å². The second kappa shape index (κ2) is 7.54. The number of thioether (sulfide) groups is 1. The molecule has 4 heterocycles. The summed E-state index contributed by atoms with van der Waals surface area (Å²) in [6.45, 7) is 0.778. The van der Waals surface area contributed by atoms with Crippen molar-refractivity contribution in [2.75, 3.05) is 17.6 Å². The van der Waals surface area contributed by atoms with E-state index in [1.807, 2.05) is 4.90 Å². The molecule has 0 spiro atoms. The summed E-state index contributed by atoms with van der Waals surface area (Å²) < 4.78 is 0.854. The molecule has 5 rings (SSSR count). The van der Waals surface area contributed by atoms with Crippen molar-refractivity contribution in [3.8, 4) is 0 Å². The first-order valence-electron chi connectivity index (χ1n) is 8.90. The summed E-state index contributed by atoms with van der Waals surface area (Å²) >= 11 is 6.56. The van der Waals surface area contributed by atoms with E-state index >= 15 is 0 Å². The molecule has 0 saturated heterocycles. The van der Waals surface area contributed by atoms with E-state index in [4.69, 9.17) is 0 Å². The second-order valence-corrected chi connectivity index (χ2v) is 10.8. The van der Waals surface area contributed by atoms with E-state index in [-0.39, 0.29) is 11.9 Å². The number of thiophene rings is 2. The lowest BCUT2D eigenvalue weighted by molar-refractivity contribution is -0.130. The molecule has 140 valence electrons. The number of amides is 1. The van der Waals surface area contributed by atoms with E-state index < -0.39 is 0 Å². The van der Waals surface area contributed by atoms with Gasteiger partial charge in [-0.25, -0.2) is 0 Å². The first kappa shape index (κ1) is 17.7. The lowest BCUT2D eigenvalue weighted by Crippen LogP contribution is -2.40. The van der Waals surface area contributed by atoms with Crippen LogP contribution < -0.4 is 5.32 Å². The van der Waals surface area contributed by atoms with Crippen molar-refractivity contribution in [2.24, 2.45) is 0 Å². The molecular formula is C18H18N4OS4. The van der Waals surface area contributed by atoms with Gasteiger partial charge in [0.05, 0.1) is 11.8 Å². The number of nitrogens with zero attached hydrogens (tertiary/aromatic N) is 3. The van der Waals surface area contributed by atoms with E-state index in [0.29, 0.717) is 11.8 Å². The van der Waals surface area contributed by atoms with Gasteiger partial charge in [-0.3, -0.25) is 4.79 Å². The van der Waals surface area contributed by atoms with Crippen LogP contribution in [0.25, 0.3) is 0 Å². The minimum atomic E-state index is 0.0506. The number of aromatic nitrogens is 2. The Labute approximate surface area is 173 Å². The molecular weight excluding hydrogens is 416 g/mol. The van der Waals surface area contributed by atoms with Gasteiger partial charge < -0.3 is 10.2 Å². The molecule has 1 N–H and O–H groups in total. The molecule has 2 aliphatic rings. The van der Waals surface area contributed by atoms with Crippen LogP contribution in [0.4, 0.5) is 5.13 Å². The number of carbonyl (C=O) groups is 1. The molecule has 1 aliphatic heterocycles. The molecule has 5 nitrogen and oxygen atoms in total. The second-order valence-electron chi connectivity index (χ2n) is 6.63. The number of nitrogens with one attached hydrogen (secondary N) is 1. The van der Waals surface area contributed by atoms with E-state index in [1.165, 1.54) is 39.9 Å². The average Bonchev–Trinajstić information content (AvgIpc) is 3.13. The van der Waals surface area contributed by atoms with Crippen molar-refractivity contribution in [3.05, 3.63) is 44.3 Å².